The maximum absolute atomic E-state index is 13.8. The number of carbonyl (C=O) groups excluding carboxylic acids is 13. The number of carboxylic acids is 1. The van der Waals surface area contributed by atoms with Gasteiger partial charge in [0.2, 0.25) is 5.88 Å². The van der Waals surface area contributed by atoms with Crippen molar-refractivity contribution in [2.75, 3.05) is 89.1 Å². The number of anilines is 6. The molecule has 51 nitrogen and oxygen atoms in total. The standard InChI is InChI=1S/2C13H12N4O3.C12H9ClN4O2.C12H8FN3O2.C12H12N6O2.2C12H10N4O2.C11H7N3O3/c1-14-13(19)8-5-7-10-6(12(18)17-16-7)3-4-9(20-2)11(10)15-8;1-14-12(18)7-5-15-11-8(20-2)4-3-6-9(11)10(7)16-17-13(6)19;1-14-11(18)6-4-15-10-7(13)3-2-5-8(10)9(6)16-17-12(5)19;1-5(17)8-4-9-10-6(12(18)16-15-9)2-3-7(13)11(10)14-8;1-14-12(20)8-4-7-9-5(11(19)18-17-7)2-3-6(16-13)10(9)15-8;1-13-11(17)7-5-14-8-4-2-3-6-9(8)10(7)15-16-12(6)18;1-13-12(18)9-5-8-10-6(11(17)16-15-8)3-2-4-7(10)14-9;15-10-5-2-1-3-6-9(5)7(13-14-10)4-8(12-6)11(16)17/h3-5,16H,1-2H3,(H,14,19)(H,17,18);3-5,16H,1-2H3,(H,14,18)(H,17,19);2-4,16H,1H3,(H,14,18)(H,17,19);2-4,14,17H,1H3;2-4,15,18-19H,13H2,1H3,(H,14,20);2-5,15H,1H3,(H,13,17)(H,16,18);2-5,15H,1H3,(H,13,18)(H,16,17);1-4,13H,(H,14,15)(H,16,17)/p-1. The molecule has 0 saturated carbocycles. The maximum atomic E-state index is 13.8. The number of carbonyl (C=O) groups is 13. The number of methoxy groups -OCH3 is 2. The Morgan fingerprint density at radius 1 is 0.427 bits per heavy atom. The summed E-state index contributed by atoms with van der Waals surface area (Å²) in [7, 11) is 12.3. The number of rotatable bonds is 9. The van der Waals surface area contributed by atoms with E-state index in [-0.39, 0.29) is 99.4 Å². The van der Waals surface area contributed by atoms with Crippen molar-refractivity contribution in [3.63, 3.8) is 0 Å². The predicted octanol–water partition coefficient (Wildman–Crippen LogP) is 4.51. The van der Waals surface area contributed by atoms with Crippen LogP contribution in [-0.4, -0.2) is 204 Å². The first-order valence-electron chi connectivity index (χ1n) is 44.3. The number of aliphatic hydroxyl groups is 1. The van der Waals surface area contributed by atoms with Crippen LogP contribution in [0.5, 0.6) is 17.4 Å². The zero-order valence-corrected chi connectivity index (χ0v) is 80.0. The van der Waals surface area contributed by atoms with E-state index < -0.39 is 17.3 Å². The predicted molar refractivity (Wildman–Crippen MR) is 543 cm³/mol. The fraction of sp³-hybridized carbons (Fsp3) is 0.0928. The zero-order chi connectivity index (χ0) is 107. The van der Waals surface area contributed by atoms with Gasteiger partial charge in [-0.25, -0.2) is 24.4 Å². The van der Waals surface area contributed by atoms with Gasteiger partial charge in [-0.1, -0.05) is 29.8 Å². The van der Waals surface area contributed by atoms with Crippen molar-refractivity contribution in [2.45, 2.75) is 6.92 Å². The van der Waals surface area contributed by atoms with Gasteiger partial charge in [0, 0.05) is 110 Å². The van der Waals surface area contributed by atoms with Gasteiger partial charge in [-0.2, -0.15) is 10.2 Å². The van der Waals surface area contributed by atoms with E-state index in [1.165, 1.54) is 92.2 Å². The molecule has 0 spiro atoms. The highest BCUT2D eigenvalue weighted by Crippen LogP contribution is 2.41. The lowest BCUT2D eigenvalue weighted by atomic mass is 10.0. The third kappa shape index (κ3) is 18.7. The number of nitrogens with two attached hydrogens (primary N) is 1. The number of aromatic carboxylic acids is 1. The first-order valence-corrected chi connectivity index (χ1v) is 44.6. The van der Waals surface area contributed by atoms with Crippen molar-refractivity contribution in [3.05, 3.63) is 269 Å². The third-order valence-corrected chi connectivity index (χ3v) is 24.0. The highest BCUT2D eigenvalue weighted by atomic mass is 35.5. The minimum absolute atomic E-state index is 0.00468. The second kappa shape index (κ2) is 41.6. The van der Waals surface area contributed by atoms with Crippen LogP contribution in [0.3, 0.4) is 0 Å². The lowest BCUT2D eigenvalue weighted by Gasteiger charge is -2.22. The monoisotopic (exact) mass is 2050 g/mol. The van der Waals surface area contributed by atoms with Gasteiger partial charge >= 0.3 is 0 Å². The molecule has 8 aromatic heterocycles. The number of nitrogens with one attached hydrogen (secondary N) is 21. The van der Waals surface area contributed by atoms with Crippen molar-refractivity contribution in [3.8, 4) is 28.6 Å². The number of ether oxygens (including phenoxy) is 2. The molecular weight excluding hydrogens is 1970 g/mol. The molecule has 0 unspecified atom stereocenters. The number of hydrogen-bond donors (Lipinski definition) is 24. The molecule has 0 bridgehead atoms. The van der Waals surface area contributed by atoms with E-state index in [0.29, 0.717) is 221 Å². The summed E-state index contributed by atoms with van der Waals surface area (Å²) < 4.78 is 24.3. The van der Waals surface area contributed by atoms with Crippen molar-refractivity contribution in [1.82, 2.24) is 125 Å². The van der Waals surface area contributed by atoms with Crippen molar-refractivity contribution in [1.29, 1.82) is 0 Å². The molecule has 25 N–H and O–H groups in total. The van der Waals surface area contributed by atoms with Crippen LogP contribution in [0, 0.1) is 5.82 Å². The molecule has 0 aliphatic carbocycles. The van der Waals surface area contributed by atoms with Gasteiger partial charge in [-0.05, 0) is 134 Å². The summed E-state index contributed by atoms with van der Waals surface area (Å²) in [5.74, 6) is 1.27. The maximum Gasteiger partial charge on any atom is 0.296 e. The average molecular weight is 2050 g/mol. The second-order valence-corrected chi connectivity index (χ2v) is 32.6. The zero-order valence-electron chi connectivity index (χ0n) is 79.2. The fourth-order valence-electron chi connectivity index (χ4n) is 16.6. The summed E-state index contributed by atoms with van der Waals surface area (Å²) in [5, 5.41) is 69.2. The number of benzene rings is 8. The molecule has 150 heavy (non-hydrogen) atoms. The Morgan fingerprint density at radius 2 is 0.867 bits per heavy atom. The molecule has 0 atom stereocenters. The van der Waals surface area contributed by atoms with Crippen molar-refractivity contribution < 1.29 is 91.5 Å². The van der Waals surface area contributed by atoms with E-state index in [2.05, 4.69) is 162 Å². The van der Waals surface area contributed by atoms with Crippen LogP contribution in [-0.2, 0) is 0 Å². The molecule has 8 aliphatic rings. The third-order valence-electron chi connectivity index (χ3n) is 23.7. The molecule has 24 rings (SSSR count). The molecule has 53 heteroatoms. The van der Waals surface area contributed by atoms with Gasteiger partial charge in [0.1, 0.15) is 56.5 Å². The normalized spacial score (nSPS) is 12.8. The van der Waals surface area contributed by atoms with E-state index in [4.69, 9.17) is 26.9 Å². The Bertz CT molecular complexity index is 9060. The lowest BCUT2D eigenvalue weighted by molar-refractivity contribution is -0.255. The van der Waals surface area contributed by atoms with Crippen LogP contribution >= 0.6 is 11.6 Å². The summed E-state index contributed by atoms with van der Waals surface area (Å²) >= 11 is 6.07. The number of aromatic hydroxyl groups is 1. The van der Waals surface area contributed by atoms with Gasteiger partial charge in [0.05, 0.1) is 170 Å². The summed E-state index contributed by atoms with van der Waals surface area (Å²) in [6, 6.07) is 38.9. The Balaban J connectivity index is 0.000000117. The molecule has 16 aromatic rings. The topological polar surface area (TPSA) is 739 Å². The Kier molecular flexibility index (Phi) is 27.8. The number of pyridine rings is 8. The molecular formula is C97H79ClFN32O19-. The minimum atomic E-state index is -1.35. The number of H-pyrrole nitrogens is 3. The SMILES string of the molecule is CC(O)=c1cc2nnc(=O)c3ccc(F)c([nH]1)c3-2.CNC(=O)c1cc2c3c(ccc(OC)c3n1)C(=O)NN2.CNC(=O)c1cc2c3c(cccc3n1)C(=O)NN2.CNC(=O)c1cc2n[nH]c(O)c3ccc(=NN)c([nH]1)c23.CNC(=O)c1cnc2c(Cl)ccc3c2c1NNC3=O.CNC(=O)c1cnc2c(OC)ccc3c2c1NNC3=O.CNC(=O)c1cnc2cccc3c2c1NNC3=O.O=C([O-])c1cc2c3c(cccc3n1)C(=O)NN2. The van der Waals surface area contributed by atoms with E-state index in [1.54, 1.807) is 135 Å². The highest BCUT2D eigenvalue weighted by molar-refractivity contribution is 6.37. The van der Waals surface area contributed by atoms with Crippen LogP contribution in [0.25, 0.3) is 115 Å². The molecule has 0 radical (unpaired) electrons. The van der Waals surface area contributed by atoms with Gasteiger partial charge in [0.25, 0.3) is 76.4 Å². The van der Waals surface area contributed by atoms with E-state index in [9.17, 15) is 86.8 Å². The first-order chi connectivity index (χ1) is 72.3. The van der Waals surface area contributed by atoms with E-state index in [0.717, 1.165) is 5.39 Å². The minimum Gasteiger partial charge on any atom is -0.543 e. The highest BCUT2D eigenvalue weighted by Gasteiger charge is 2.32. The van der Waals surface area contributed by atoms with Crippen LogP contribution < -0.4 is 134 Å². The number of aromatic amines is 3. The van der Waals surface area contributed by atoms with Crippen molar-refractivity contribution >= 4 is 226 Å². The van der Waals surface area contributed by atoms with Gasteiger partial charge in [0.15, 0.2) is 0 Å². The van der Waals surface area contributed by atoms with Gasteiger partial charge in [-0.15, -0.1) is 10.2 Å². The average Bonchev–Trinajstić information content (AvgIpc) is 0.752. The largest absolute Gasteiger partial charge is 0.543 e. The number of hydrazine groups is 6. The van der Waals surface area contributed by atoms with E-state index >= 15 is 0 Å². The number of aliphatic hydroxyl groups excluding tert-OH is 1. The summed E-state index contributed by atoms with van der Waals surface area (Å²) in [6.07, 6.45) is 4.37. The number of halogens is 2. The number of carboxylic acid groups (broad SMARTS) is 1. The van der Waals surface area contributed by atoms with Crippen molar-refractivity contribution in [2.24, 2.45) is 10.9 Å². The summed E-state index contributed by atoms with van der Waals surface area (Å²) in [4.78, 5) is 194. The smallest absolute Gasteiger partial charge is 0.296 e. The second-order valence-electron chi connectivity index (χ2n) is 32.2. The Labute approximate surface area is 843 Å². The molecule has 12 amide bonds. The summed E-state index contributed by atoms with van der Waals surface area (Å²) in [6.45, 7) is 1.47. The summed E-state index contributed by atoms with van der Waals surface area (Å²) in [5.41, 5.74) is 44.3. The number of nitrogens with zero attached hydrogens (tertiary/aromatic N) is 10. The quantitative estimate of drug-likeness (QED) is 0.0698. The van der Waals surface area contributed by atoms with Gasteiger partial charge in [-0.3, -0.25) is 142 Å². The van der Waals surface area contributed by atoms with Crippen LogP contribution in [0.4, 0.5) is 38.5 Å². The molecule has 0 saturated heterocycles. The van der Waals surface area contributed by atoms with Crippen LogP contribution in [0.15, 0.2) is 174 Å². The first kappa shape index (κ1) is 100. The molecule has 16 heterocycles. The molecule has 8 aliphatic heterocycles. The fourth-order valence-corrected chi connectivity index (χ4v) is 16.8. The number of hydrogen-bond acceptors (Lipinski definition) is 36. The van der Waals surface area contributed by atoms with Gasteiger partial charge < -0.3 is 77.3 Å². The molecule has 0 fully saturated rings. The number of amides is 12. The molecule has 8 aromatic carbocycles. The van der Waals surface area contributed by atoms with Crippen LogP contribution in [0.2, 0.25) is 5.02 Å². The van der Waals surface area contributed by atoms with E-state index in [1.807, 2.05) is 0 Å². The van der Waals surface area contributed by atoms with Crippen LogP contribution in [0.1, 0.15) is 142 Å². The Morgan fingerprint density at radius 3 is 1.38 bits per heavy atom. The molecule has 756 valence electrons. The Hall–Kier alpha value is -21.4. The number of aromatic nitrogens is 12. The lowest BCUT2D eigenvalue weighted by Crippen LogP contribution is -2.35.